The molecule has 0 saturated carbocycles. The third-order valence-electron chi connectivity index (χ3n) is 2.04. The fourth-order valence-corrected chi connectivity index (χ4v) is 2.52. The molecule has 3 nitrogen and oxygen atoms in total. The van der Waals surface area contributed by atoms with Crippen molar-refractivity contribution in [3.05, 3.63) is 0 Å². The summed E-state index contributed by atoms with van der Waals surface area (Å²) in [6, 6.07) is 0. The molecule has 0 aromatic rings. The summed E-state index contributed by atoms with van der Waals surface area (Å²) in [5.41, 5.74) is 5.30. The second kappa shape index (κ2) is 4.94. The molecule has 1 saturated heterocycles. The molecule has 0 radical (unpaired) electrons. The molecule has 72 valence electrons. The van der Waals surface area contributed by atoms with Crippen LogP contribution >= 0.6 is 0 Å². The highest BCUT2D eigenvalue weighted by Crippen LogP contribution is 2.19. The Hall–Kier alpha value is 0.0700. The quantitative estimate of drug-likeness (QED) is 0.693. The second-order valence-electron chi connectivity index (χ2n) is 3.25. The van der Waals surface area contributed by atoms with Crippen molar-refractivity contribution in [3.63, 3.8) is 0 Å². The lowest BCUT2D eigenvalue weighted by atomic mass is 10.2. The molecule has 1 fully saturated rings. The fourth-order valence-electron chi connectivity index (χ4n) is 1.43. The van der Waals surface area contributed by atoms with Gasteiger partial charge in [-0.25, -0.2) is 0 Å². The van der Waals surface area contributed by atoms with E-state index in [9.17, 15) is 4.21 Å². The van der Waals surface area contributed by atoms with Gasteiger partial charge in [-0.2, -0.15) is 0 Å². The van der Waals surface area contributed by atoms with Gasteiger partial charge in [-0.15, -0.1) is 0 Å². The van der Waals surface area contributed by atoms with E-state index in [1.807, 2.05) is 0 Å². The molecule has 1 aliphatic rings. The van der Waals surface area contributed by atoms with Gasteiger partial charge in [-0.1, -0.05) is 0 Å². The first-order valence-electron chi connectivity index (χ1n) is 4.43. The summed E-state index contributed by atoms with van der Waals surface area (Å²) >= 11 is 0. The predicted octanol–water partition coefficient (Wildman–Crippen LogP) is 0.261. The number of hydrogen-bond acceptors (Lipinski definition) is 3. The van der Waals surface area contributed by atoms with Crippen LogP contribution in [0.2, 0.25) is 0 Å². The number of hydrogen-bond donors (Lipinski definition) is 1. The Bertz CT molecular complexity index is 163. The van der Waals surface area contributed by atoms with E-state index in [4.69, 9.17) is 10.5 Å². The molecular formula is C8H17NO2S. The average molecular weight is 191 g/mol. The standard InChI is InChI=1S/C8H17NO2S/c1-7-2-3-8(11-7)6-12(10)5-4-9/h7-8H,2-6,9H2,1H3. The lowest BCUT2D eigenvalue weighted by Gasteiger charge is -2.09. The van der Waals surface area contributed by atoms with E-state index in [1.54, 1.807) is 0 Å². The Balaban J connectivity index is 2.18. The van der Waals surface area contributed by atoms with Crippen LogP contribution in [0.3, 0.4) is 0 Å². The summed E-state index contributed by atoms with van der Waals surface area (Å²) in [7, 11) is -0.775. The minimum Gasteiger partial charge on any atom is -0.374 e. The third kappa shape index (κ3) is 3.21. The molecule has 0 aromatic carbocycles. The Morgan fingerprint density at radius 3 is 2.83 bits per heavy atom. The maximum atomic E-state index is 11.3. The van der Waals surface area contributed by atoms with Gasteiger partial charge in [0.2, 0.25) is 0 Å². The largest absolute Gasteiger partial charge is 0.374 e. The van der Waals surface area contributed by atoms with Gasteiger partial charge in [0, 0.05) is 28.9 Å². The molecule has 4 heteroatoms. The van der Waals surface area contributed by atoms with Crippen LogP contribution < -0.4 is 5.73 Å². The minimum absolute atomic E-state index is 0.215. The maximum Gasteiger partial charge on any atom is 0.0694 e. The van der Waals surface area contributed by atoms with E-state index in [0.717, 1.165) is 12.8 Å². The van der Waals surface area contributed by atoms with E-state index in [0.29, 0.717) is 24.2 Å². The lowest BCUT2D eigenvalue weighted by molar-refractivity contribution is 0.0695. The normalized spacial score (nSPS) is 32.2. The van der Waals surface area contributed by atoms with Crippen molar-refractivity contribution < 1.29 is 8.95 Å². The van der Waals surface area contributed by atoms with Crippen LogP contribution in [0.25, 0.3) is 0 Å². The molecule has 3 atom stereocenters. The van der Waals surface area contributed by atoms with Crippen LogP contribution in [0.5, 0.6) is 0 Å². The highest BCUT2D eigenvalue weighted by Gasteiger charge is 2.22. The Morgan fingerprint density at radius 2 is 2.33 bits per heavy atom. The van der Waals surface area contributed by atoms with E-state index in [-0.39, 0.29) is 6.10 Å². The van der Waals surface area contributed by atoms with Crippen molar-refractivity contribution in [2.45, 2.75) is 32.0 Å². The summed E-state index contributed by atoms with van der Waals surface area (Å²) in [5.74, 6) is 1.27. The van der Waals surface area contributed by atoms with Gasteiger partial charge in [0.15, 0.2) is 0 Å². The summed E-state index contributed by atoms with van der Waals surface area (Å²) in [5, 5.41) is 0. The van der Waals surface area contributed by atoms with Crippen LogP contribution in [0.15, 0.2) is 0 Å². The molecule has 12 heavy (non-hydrogen) atoms. The van der Waals surface area contributed by atoms with Gasteiger partial charge >= 0.3 is 0 Å². The molecular weight excluding hydrogens is 174 g/mol. The summed E-state index contributed by atoms with van der Waals surface area (Å²) in [6.07, 6.45) is 2.72. The zero-order chi connectivity index (χ0) is 8.97. The molecule has 3 unspecified atom stereocenters. The van der Waals surface area contributed by atoms with E-state index >= 15 is 0 Å². The van der Waals surface area contributed by atoms with Crippen LogP contribution in [-0.4, -0.2) is 34.5 Å². The Morgan fingerprint density at radius 1 is 1.58 bits per heavy atom. The molecule has 0 spiro atoms. The van der Waals surface area contributed by atoms with Crippen LogP contribution in [0.4, 0.5) is 0 Å². The SMILES string of the molecule is CC1CCC(CS(=O)CCN)O1. The molecule has 0 aliphatic carbocycles. The number of nitrogens with two attached hydrogens (primary N) is 1. The third-order valence-corrected chi connectivity index (χ3v) is 3.47. The number of ether oxygens (including phenoxy) is 1. The summed E-state index contributed by atoms with van der Waals surface area (Å²) < 4.78 is 16.8. The zero-order valence-electron chi connectivity index (χ0n) is 7.49. The van der Waals surface area contributed by atoms with Gasteiger partial charge in [-0.3, -0.25) is 4.21 Å². The van der Waals surface area contributed by atoms with Crippen LogP contribution in [-0.2, 0) is 15.5 Å². The van der Waals surface area contributed by atoms with Crippen molar-refractivity contribution in [2.75, 3.05) is 18.1 Å². The van der Waals surface area contributed by atoms with E-state index in [2.05, 4.69) is 6.92 Å². The highest BCUT2D eigenvalue weighted by molar-refractivity contribution is 7.85. The molecule has 1 rings (SSSR count). The molecule has 0 amide bonds. The minimum atomic E-state index is -0.775. The average Bonchev–Trinajstić information content (AvgIpc) is 2.36. The lowest BCUT2D eigenvalue weighted by Crippen LogP contribution is -2.21. The predicted molar refractivity (Wildman–Crippen MR) is 50.5 cm³/mol. The summed E-state index contributed by atoms with van der Waals surface area (Å²) in [4.78, 5) is 0. The van der Waals surface area contributed by atoms with E-state index < -0.39 is 10.8 Å². The van der Waals surface area contributed by atoms with Gasteiger partial charge in [0.1, 0.15) is 0 Å². The summed E-state index contributed by atoms with van der Waals surface area (Å²) in [6.45, 7) is 2.57. The fraction of sp³-hybridized carbons (Fsp3) is 1.00. The molecule has 1 heterocycles. The van der Waals surface area contributed by atoms with Crippen LogP contribution in [0.1, 0.15) is 19.8 Å². The molecule has 1 aliphatic heterocycles. The molecule has 0 aromatic heterocycles. The van der Waals surface area contributed by atoms with Crippen molar-refractivity contribution in [2.24, 2.45) is 5.73 Å². The van der Waals surface area contributed by atoms with Crippen LogP contribution in [0, 0.1) is 0 Å². The first-order chi connectivity index (χ1) is 5.72. The Labute approximate surface area is 76.1 Å². The van der Waals surface area contributed by atoms with Gasteiger partial charge in [0.25, 0.3) is 0 Å². The maximum absolute atomic E-state index is 11.3. The topological polar surface area (TPSA) is 52.3 Å². The highest BCUT2D eigenvalue weighted by atomic mass is 32.2. The van der Waals surface area contributed by atoms with Crippen molar-refractivity contribution in [3.8, 4) is 0 Å². The number of rotatable bonds is 4. The van der Waals surface area contributed by atoms with Gasteiger partial charge in [-0.05, 0) is 19.8 Å². The smallest absolute Gasteiger partial charge is 0.0694 e. The molecule has 0 bridgehead atoms. The first-order valence-corrected chi connectivity index (χ1v) is 5.91. The van der Waals surface area contributed by atoms with Crippen molar-refractivity contribution in [1.82, 2.24) is 0 Å². The van der Waals surface area contributed by atoms with Crippen molar-refractivity contribution in [1.29, 1.82) is 0 Å². The second-order valence-corrected chi connectivity index (χ2v) is 4.87. The Kier molecular flexibility index (Phi) is 4.18. The van der Waals surface area contributed by atoms with Gasteiger partial charge in [0.05, 0.1) is 12.2 Å². The van der Waals surface area contributed by atoms with E-state index in [1.165, 1.54) is 0 Å². The zero-order valence-corrected chi connectivity index (χ0v) is 8.31. The van der Waals surface area contributed by atoms with Crippen molar-refractivity contribution >= 4 is 10.8 Å². The molecule has 2 N–H and O–H groups in total. The first kappa shape index (κ1) is 10.2. The monoisotopic (exact) mass is 191 g/mol. The van der Waals surface area contributed by atoms with Gasteiger partial charge < -0.3 is 10.5 Å².